The van der Waals surface area contributed by atoms with E-state index in [1.165, 1.54) is 0 Å². The molecular weight excluding hydrogens is 615 g/mol. The Morgan fingerprint density at radius 2 is 1.46 bits per heavy atom. The molecule has 0 saturated heterocycles. The molecule has 7 aromatic rings. The van der Waals surface area contributed by atoms with Gasteiger partial charge in [-0.3, -0.25) is 0 Å². The van der Waals surface area contributed by atoms with Crippen LogP contribution in [0.25, 0.3) is 60.6 Å². The molecule has 0 N–H and O–H groups in total. The predicted molar refractivity (Wildman–Crippen MR) is 198 cm³/mol. The van der Waals surface area contributed by atoms with Gasteiger partial charge >= 0.3 is 0 Å². The van der Waals surface area contributed by atoms with Crippen LogP contribution in [0.1, 0.15) is 17.0 Å². The summed E-state index contributed by atoms with van der Waals surface area (Å²) in [6.45, 7) is 0. The van der Waals surface area contributed by atoms with E-state index < -0.39 is 0 Å². The molecule has 2 aromatic heterocycles. The number of nitriles is 2. The van der Waals surface area contributed by atoms with Gasteiger partial charge in [-0.25, -0.2) is 0 Å². The van der Waals surface area contributed by atoms with Crippen LogP contribution in [-0.4, -0.2) is 10.7 Å². The maximum atomic E-state index is 10.5. The minimum absolute atomic E-state index is 0.0284. The lowest BCUT2D eigenvalue weighted by Crippen LogP contribution is -2.17. The van der Waals surface area contributed by atoms with Crippen LogP contribution in [0.3, 0.4) is 0 Å². The average molecular weight is 642 g/mol. The molecule has 3 atom stereocenters. The summed E-state index contributed by atoms with van der Waals surface area (Å²) in [7, 11) is 0. The SMILES string of the molecule is N#Cc1cccc(-c2ccc3oc4ccc5c(c4c3c2)C2C=C(C3=CC(C#N)C=CC=C3)C=CC2O5)c1-n1c2ccccc2c2ccccc21. The number of ether oxygens (including phenoxy) is 1. The van der Waals surface area contributed by atoms with Gasteiger partial charge < -0.3 is 13.7 Å². The molecule has 5 aromatic carbocycles. The molecular formula is C45H27N3O2. The lowest BCUT2D eigenvalue weighted by atomic mass is 9.84. The second-order valence-corrected chi connectivity index (χ2v) is 13.0. The third kappa shape index (κ3) is 4.11. The molecule has 3 aliphatic rings. The van der Waals surface area contributed by atoms with E-state index in [4.69, 9.17) is 9.15 Å². The van der Waals surface area contributed by atoms with E-state index in [0.717, 1.165) is 83.0 Å². The fourth-order valence-corrected chi connectivity index (χ4v) is 8.03. The van der Waals surface area contributed by atoms with Crippen LogP contribution in [0.15, 0.2) is 161 Å². The quantitative estimate of drug-likeness (QED) is 0.192. The van der Waals surface area contributed by atoms with Crippen molar-refractivity contribution >= 4 is 43.7 Å². The highest BCUT2D eigenvalue weighted by Crippen LogP contribution is 2.50. The second kappa shape index (κ2) is 10.9. The van der Waals surface area contributed by atoms with E-state index >= 15 is 0 Å². The van der Waals surface area contributed by atoms with Crippen LogP contribution in [-0.2, 0) is 0 Å². The molecule has 2 aliphatic carbocycles. The molecule has 0 fully saturated rings. The Morgan fingerprint density at radius 3 is 2.26 bits per heavy atom. The fourth-order valence-electron chi connectivity index (χ4n) is 8.03. The first-order valence-electron chi connectivity index (χ1n) is 16.7. The molecule has 0 radical (unpaired) electrons. The van der Waals surface area contributed by atoms with Crippen molar-refractivity contribution in [2.24, 2.45) is 5.92 Å². The molecule has 10 rings (SSSR count). The van der Waals surface area contributed by atoms with Crippen molar-refractivity contribution < 1.29 is 9.15 Å². The normalized spacial score (nSPS) is 19.1. The number of allylic oxidation sites excluding steroid dienone is 8. The van der Waals surface area contributed by atoms with Crippen LogP contribution in [0.2, 0.25) is 0 Å². The van der Waals surface area contributed by atoms with E-state index in [2.05, 4.69) is 95.6 Å². The first-order chi connectivity index (χ1) is 24.7. The molecule has 0 bridgehead atoms. The summed E-state index contributed by atoms with van der Waals surface area (Å²) in [5.41, 5.74) is 10.3. The van der Waals surface area contributed by atoms with E-state index in [1.54, 1.807) is 0 Å². The number of aromatic nitrogens is 1. The summed E-state index contributed by atoms with van der Waals surface area (Å²) >= 11 is 0. The summed E-state index contributed by atoms with van der Waals surface area (Å²) in [5.74, 6) is 0.537. The Hall–Kier alpha value is -6.82. The topological polar surface area (TPSA) is 74.9 Å². The maximum Gasteiger partial charge on any atom is 0.135 e. The van der Waals surface area contributed by atoms with E-state index in [0.29, 0.717) is 5.56 Å². The van der Waals surface area contributed by atoms with Crippen LogP contribution in [0, 0.1) is 28.6 Å². The van der Waals surface area contributed by atoms with Crippen LogP contribution in [0.5, 0.6) is 5.75 Å². The second-order valence-electron chi connectivity index (χ2n) is 13.0. The van der Waals surface area contributed by atoms with Crippen molar-refractivity contribution in [3.05, 3.63) is 168 Å². The zero-order valence-corrected chi connectivity index (χ0v) is 26.7. The minimum Gasteiger partial charge on any atom is -0.485 e. The van der Waals surface area contributed by atoms with Crippen molar-refractivity contribution in [3.63, 3.8) is 0 Å². The number of nitrogens with zero attached hydrogens (tertiary/aromatic N) is 3. The largest absolute Gasteiger partial charge is 0.485 e. The zero-order valence-electron chi connectivity index (χ0n) is 26.7. The number of furan rings is 1. The van der Waals surface area contributed by atoms with Gasteiger partial charge in [0.1, 0.15) is 29.1 Å². The number of para-hydroxylation sites is 3. The molecule has 5 heteroatoms. The van der Waals surface area contributed by atoms with Gasteiger partial charge in [0.15, 0.2) is 0 Å². The molecule has 1 aliphatic heterocycles. The summed E-state index contributed by atoms with van der Waals surface area (Å²) in [6, 6.07) is 37.9. The smallest absolute Gasteiger partial charge is 0.135 e. The predicted octanol–water partition coefficient (Wildman–Crippen LogP) is 10.8. The van der Waals surface area contributed by atoms with Crippen molar-refractivity contribution in [1.29, 1.82) is 10.5 Å². The van der Waals surface area contributed by atoms with Crippen LogP contribution >= 0.6 is 0 Å². The monoisotopic (exact) mass is 641 g/mol. The highest BCUT2D eigenvalue weighted by molar-refractivity contribution is 6.11. The number of hydrogen-bond donors (Lipinski definition) is 0. The summed E-state index contributed by atoms with van der Waals surface area (Å²) in [6.07, 6.45) is 16.3. The Morgan fingerprint density at radius 1 is 0.680 bits per heavy atom. The van der Waals surface area contributed by atoms with E-state index in [1.807, 2.05) is 66.8 Å². The lowest BCUT2D eigenvalue weighted by molar-refractivity contribution is 0.268. The number of rotatable bonds is 3. The van der Waals surface area contributed by atoms with Gasteiger partial charge in [-0.1, -0.05) is 97.1 Å². The Balaban J connectivity index is 1.18. The molecule has 50 heavy (non-hydrogen) atoms. The molecule has 3 unspecified atom stereocenters. The minimum atomic E-state index is -0.283. The Bertz CT molecular complexity index is 2790. The molecule has 234 valence electrons. The number of fused-ring (bicyclic) bond motifs is 10. The Kier molecular flexibility index (Phi) is 6.12. The van der Waals surface area contributed by atoms with Crippen molar-refractivity contribution in [3.8, 4) is 34.7 Å². The first-order valence-corrected chi connectivity index (χ1v) is 16.7. The van der Waals surface area contributed by atoms with Crippen molar-refractivity contribution in [1.82, 2.24) is 4.57 Å². The van der Waals surface area contributed by atoms with Gasteiger partial charge in [0.2, 0.25) is 0 Å². The third-order valence-corrected chi connectivity index (χ3v) is 10.2. The van der Waals surface area contributed by atoms with E-state index in [9.17, 15) is 10.5 Å². The molecule has 5 nitrogen and oxygen atoms in total. The standard InChI is InChI=1S/C45H27N3O2/c46-25-27-8-1-2-9-28(22-27)29-16-18-39-35(23-29)43-41(49-39)20-21-42-44(43)36-24-30(17-19-40(36)50-42)32-13-7-10-31(26-47)45(32)48-37-14-5-3-11-33(37)34-12-4-6-15-38(34)48/h1-24,27,35,39H. The first kappa shape index (κ1) is 28.2. The Labute approximate surface area is 287 Å². The van der Waals surface area contributed by atoms with Gasteiger partial charge in [-0.15, -0.1) is 0 Å². The highest BCUT2D eigenvalue weighted by Gasteiger charge is 2.36. The van der Waals surface area contributed by atoms with Gasteiger partial charge in [-0.05, 0) is 65.3 Å². The molecule has 0 spiro atoms. The van der Waals surface area contributed by atoms with Crippen LogP contribution in [0.4, 0.5) is 0 Å². The molecule has 0 amide bonds. The lowest BCUT2D eigenvalue weighted by Gasteiger charge is -2.19. The van der Waals surface area contributed by atoms with Gasteiger partial charge in [-0.2, -0.15) is 10.5 Å². The van der Waals surface area contributed by atoms with Gasteiger partial charge in [0, 0.05) is 38.6 Å². The summed E-state index contributed by atoms with van der Waals surface area (Å²) in [5, 5.41) is 24.4. The number of benzene rings is 5. The average Bonchev–Trinajstić information content (AvgIpc) is 3.76. The number of hydrogen-bond acceptors (Lipinski definition) is 4. The highest BCUT2D eigenvalue weighted by atomic mass is 16.5. The van der Waals surface area contributed by atoms with Crippen molar-refractivity contribution in [2.45, 2.75) is 12.0 Å². The fraction of sp³-hybridized carbons (Fsp3) is 0.0667. The zero-order chi connectivity index (χ0) is 33.3. The van der Waals surface area contributed by atoms with Gasteiger partial charge in [0.25, 0.3) is 0 Å². The van der Waals surface area contributed by atoms with E-state index in [-0.39, 0.29) is 17.9 Å². The van der Waals surface area contributed by atoms with Crippen LogP contribution < -0.4 is 4.74 Å². The maximum absolute atomic E-state index is 10.5. The summed E-state index contributed by atoms with van der Waals surface area (Å²) < 4.78 is 15.2. The summed E-state index contributed by atoms with van der Waals surface area (Å²) in [4.78, 5) is 0. The molecule has 3 heterocycles. The van der Waals surface area contributed by atoms with Gasteiger partial charge in [0.05, 0.1) is 34.3 Å². The van der Waals surface area contributed by atoms with Crippen molar-refractivity contribution in [2.75, 3.05) is 0 Å². The molecule has 0 saturated carbocycles. The third-order valence-electron chi connectivity index (χ3n) is 10.2.